The molecule has 1 fully saturated rings. The molecule has 7 heteroatoms. The maximum atomic E-state index is 13.0. The second-order valence-corrected chi connectivity index (χ2v) is 8.47. The Hall–Kier alpha value is -2.25. The third-order valence-corrected chi connectivity index (χ3v) is 6.50. The number of likely N-dealkylation sites (N-methyl/N-ethyl adjacent to an activating group) is 1. The van der Waals surface area contributed by atoms with E-state index in [1.807, 2.05) is 41.8 Å². The highest BCUT2D eigenvalue weighted by molar-refractivity contribution is 7.18. The number of fused-ring (bicyclic) bond motifs is 1. The van der Waals surface area contributed by atoms with Crippen molar-refractivity contribution in [2.75, 3.05) is 13.6 Å². The molecule has 0 spiro atoms. The van der Waals surface area contributed by atoms with E-state index in [1.54, 1.807) is 28.2 Å². The van der Waals surface area contributed by atoms with Crippen LogP contribution in [0.5, 0.6) is 0 Å². The van der Waals surface area contributed by atoms with Gasteiger partial charge in [-0.25, -0.2) is 4.98 Å². The molecule has 2 aromatic heterocycles. The van der Waals surface area contributed by atoms with Crippen LogP contribution in [0.1, 0.15) is 27.5 Å². The third-order valence-electron chi connectivity index (χ3n) is 4.62. The lowest BCUT2D eigenvalue weighted by Crippen LogP contribution is -2.46. The molecule has 1 atom stereocenters. The maximum absolute atomic E-state index is 13.0. The Morgan fingerprint density at radius 2 is 2.12 bits per heavy atom. The summed E-state index contributed by atoms with van der Waals surface area (Å²) in [5, 5.41) is 2.80. The lowest BCUT2D eigenvalue weighted by atomic mass is 10.2. The monoisotopic (exact) mass is 385 g/mol. The number of thiophene rings is 1. The molecule has 1 aliphatic heterocycles. The molecule has 3 aromatic rings. The van der Waals surface area contributed by atoms with E-state index in [2.05, 4.69) is 4.98 Å². The van der Waals surface area contributed by atoms with Crippen LogP contribution in [0.4, 0.5) is 0 Å². The first-order valence-electron chi connectivity index (χ1n) is 8.57. The zero-order chi connectivity index (χ0) is 18.1. The minimum atomic E-state index is -0.371. The minimum absolute atomic E-state index is 0.00772. The molecule has 0 saturated carbocycles. The van der Waals surface area contributed by atoms with E-state index in [9.17, 15) is 9.59 Å². The molecule has 1 aromatic carbocycles. The van der Waals surface area contributed by atoms with Gasteiger partial charge in [-0.2, -0.15) is 0 Å². The van der Waals surface area contributed by atoms with E-state index >= 15 is 0 Å². The number of carbonyl (C=O) groups excluding carboxylic acids is 2. The Labute approximate surface area is 159 Å². The maximum Gasteiger partial charge on any atom is 0.264 e. The molecule has 0 bridgehead atoms. The largest absolute Gasteiger partial charge is 0.337 e. The fourth-order valence-corrected chi connectivity index (χ4v) is 5.03. The van der Waals surface area contributed by atoms with Gasteiger partial charge in [-0.3, -0.25) is 9.59 Å². The molecule has 1 saturated heterocycles. The highest BCUT2D eigenvalue weighted by atomic mass is 32.1. The molecule has 0 unspecified atom stereocenters. The van der Waals surface area contributed by atoms with Gasteiger partial charge in [0.15, 0.2) is 0 Å². The van der Waals surface area contributed by atoms with Gasteiger partial charge >= 0.3 is 0 Å². The third kappa shape index (κ3) is 3.24. The van der Waals surface area contributed by atoms with E-state index in [0.29, 0.717) is 18.0 Å². The molecule has 26 heavy (non-hydrogen) atoms. The van der Waals surface area contributed by atoms with Crippen LogP contribution in [0.15, 0.2) is 41.8 Å². The highest BCUT2D eigenvalue weighted by Gasteiger charge is 2.36. The predicted octanol–water partition coefficient (Wildman–Crippen LogP) is 3.62. The van der Waals surface area contributed by atoms with Gasteiger partial charge in [-0.1, -0.05) is 18.2 Å². The average molecular weight is 386 g/mol. The number of likely N-dealkylation sites (tertiary alicyclic amines) is 1. The van der Waals surface area contributed by atoms with Crippen molar-refractivity contribution in [1.29, 1.82) is 0 Å². The molecule has 4 rings (SSSR count). The number of thiazole rings is 1. The smallest absolute Gasteiger partial charge is 0.264 e. The molecule has 0 aliphatic carbocycles. The van der Waals surface area contributed by atoms with Gasteiger partial charge in [-0.15, -0.1) is 22.7 Å². The normalized spacial score (nSPS) is 17.0. The summed E-state index contributed by atoms with van der Waals surface area (Å²) in [4.78, 5) is 34.4. The molecular weight excluding hydrogens is 366 g/mol. The minimum Gasteiger partial charge on any atom is -0.337 e. The number of hydrogen-bond acceptors (Lipinski definition) is 5. The number of amides is 2. The first-order chi connectivity index (χ1) is 12.6. The second-order valence-electron chi connectivity index (χ2n) is 6.40. The van der Waals surface area contributed by atoms with E-state index < -0.39 is 0 Å². The van der Waals surface area contributed by atoms with Crippen LogP contribution in [0.2, 0.25) is 0 Å². The summed E-state index contributed by atoms with van der Waals surface area (Å²) in [5.74, 6) is -0.0455. The van der Waals surface area contributed by atoms with Crippen molar-refractivity contribution >= 4 is 44.7 Å². The summed E-state index contributed by atoms with van der Waals surface area (Å²) in [5.41, 5.74) is 0.962. The van der Waals surface area contributed by atoms with Crippen molar-refractivity contribution in [3.63, 3.8) is 0 Å². The topological polar surface area (TPSA) is 53.5 Å². The highest BCUT2D eigenvalue weighted by Crippen LogP contribution is 2.26. The Balaban J connectivity index is 1.47. The average Bonchev–Trinajstić information content (AvgIpc) is 3.39. The zero-order valence-electron chi connectivity index (χ0n) is 14.4. The van der Waals surface area contributed by atoms with E-state index in [0.717, 1.165) is 28.1 Å². The Morgan fingerprint density at radius 1 is 1.27 bits per heavy atom. The van der Waals surface area contributed by atoms with E-state index in [4.69, 9.17) is 0 Å². The summed E-state index contributed by atoms with van der Waals surface area (Å²) in [7, 11) is 1.79. The van der Waals surface area contributed by atoms with Gasteiger partial charge in [0.25, 0.3) is 5.91 Å². The molecular formula is C19H19N3O2S2. The summed E-state index contributed by atoms with van der Waals surface area (Å²) in [6, 6.07) is 11.3. The number of benzene rings is 1. The first-order valence-corrected chi connectivity index (χ1v) is 10.3. The van der Waals surface area contributed by atoms with E-state index in [-0.39, 0.29) is 17.9 Å². The molecule has 1 aliphatic rings. The Morgan fingerprint density at radius 3 is 2.88 bits per heavy atom. The number of nitrogens with zero attached hydrogens (tertiary/aromatic N) is 3. The number of para-hydroxylation sites is 1. The molecule has 0 N–H and O–H groups in total. The molecule has 2 amide bonds. The number of hydrogen-bond donors (Lipinski definition) is 0. The van der Waals surface area contributed by atoms with Gasteiger partial charge in [0, 0.05) is 13.6 Å². The standard InChI is InChI=1S/C19H19N3O2S2/c1-21(12-17-20-13-6-2-3-8-15(13)26-17)18(23)14-7-4-10-22(14)19(24)16-9-5-11-25-16/h2-3,5-6,8-9,11,14H,4,7,10,12H2,1H3/t14-/m0/s1. The van der Waals surface area contributed by atoms with Gasteiger partial charge in [-0.05, 0) is 36.4 Å². The molecule has 0 radical (unpaired) electrons. The Kier molecular flexibility index (Phi) is 4.74. The fraction of sp³-hybridized carbons (Fsp3) is 0.316. The van der Waals surface area contributed by atoms with Gasteiger partial charge in [0.1, 0.15) is 11.0 Å². The quantitative estimate of drug-likeness (QED) is 0.689. The SMILES string of the molecule is CN(Cc1nc2ccccc2s1)C(=O)[C@@H]1CCCN1C(=O)c1cccs1. The van der Waals surface area contributed by atoms with Crippen molar-refractivity contribution in [2.24, 2.45) is 0 Å². The van der Waals surface area contributed by atoms with Crippen LogP contribution < -0.4 is 0 Å². The summed E-state index contributed by atoms with van der Waals surface area (Å²) >= 11 is 3.03. The van der Waals surface area contributed by atoms with Crippen molar-refractivity contribution in [3.05, 3.63) is 51.7 Å². The number of rotatable bonds is 4. The summed E-state index contributed by atoms with van der Waals surface area (Å²) in [6.07, 6.45) is 1.59. The van der Waals surface area contributed by atoms with Crippen LogP contribution in [0, 0.1) is 0 Å². The van der Waals surface area contributed by atoms with Crippen LogP contribution >= 0.6 is 22.7 Å². The Bertz CT molecular complexity index is 902. The number of aromatic nitrogens is 1. The van der Waals surface area contributed by atoms with Crippen LogP contribution in [0.25, 0.3) is 10.2 Å². The van der Waals surface area contributed by atoms with Gasteiger partial charge in [0.2, 0.25) is 5.91 Å². The zero-order valence-corrected chi connectivity index (χ0v) is 16.1. The van der Waals surface area contributed by atoms with Gasteiger partial charge in [0.05, 0.1) is 21.6 Å². The first kappa shape index (κ1) is 17.2. The molecule has 134 valence electrons. The van der Waals surface area contributed by atoms with Crippen LogP contribution in [0.3, 0.4) is 0 Å². The van der Waals surface area contributed by atoms with Crippen molar-refractivity contribution in [3.8, 4) is 0 Å². The van der Waals surface area contributed by atoms with Crippen molar-refractivity contribution < 1.29 is 9.59 Å². The number of carbonyl (C=O) groups is 2. The summed E-state index contributed by atoms with van der Waals surface area (Å²) in [6.45, 7) is 1.11. The summed E-state index contributed by atoms with van der Waals surface area (Å²) < 4.78 is 1.12. The fourth-order valence-electron chi connectivity index (χ4n) is 3.33. The van der Waals surface area contributed by atoms with Crippen LogP contribution in [-0.2, 0) is 11.3 Å². The van der Waals surface area contributed by atoms with Gasteiger partial charge < -0.3 is 9.80 Å². The van der Waals surface area contributed by atoms with Crippen molar-refractivity contribution in [2.45, 2.75) is 25.4 Å². The lowest BCUT2D eigenvalue weighted by molar-refractivity contribution is -0.134. The van der Waals surface area contributed by atoms with E-state index in [1.165, 1.54) is 11.3 Å². The van der Waals surface area contributed by atoms with Crippen molar-refractivity contribution in [1.82, 2.24) is 14.8 Å². The second kappa shape index (κ2) is 7.17. The molecule has 5 nitrogen and oxygen atoms in total. The van der Waals surface area contributed by atoms with Crippen LogP contribution in [-0.4, -0.2) is 46.2 Å². The lowest BCUT2D eigenvalue weighted by Gasteiger charge is -2.27. The predicted molar refractivity (Wildman–Crippen MR) is 104 cm³/mol. The molecule has 3 heterocycles.